The zero-order valence-electron chi connectivity index (χ0n) is 24.0. The quantitative estimate of drug-likeness (QED) is 0.124. The molecule has 0 fully saturated rings. The second-order valence-electron chi connectivity index (χ2n) is 9.24. The van der Waals surface area contributed by atoms with E-state index in [9.17, 15) is 4.79 Å². The summed E-state index contributed by atoms with van der Waals surface area (Å²) in [7, 11) is -1.45. The molecule has 0 radical (unpaired) electrons. The number of alkyl carbamates (subject to hydrolysis) is 1. The minimum absolute atomic E-state index is 0.243. The van der Waals surface area contributed by atoms with Gasteiger partial charge < -0.3 is 47.6 Å². The molecule has 1 aromatic rings. The Morgan fingerprint density at radius 1 is 0.590 bits per heavy atom. The van der Waals surface area contributed by atoms with Gasteiger partial charge in [-0.2, -0.15) is 0 Å². The molecule has 1 amide bonds. The molecule has 0 spiro atoms. The molecule has 0 saturated heterocycles. The Labute approximate surface area is 234 Å². The summed E-state index contributed by atoms with van der Waals surface area (Å²) >= 11 is 0. The minimum Gasteiger partial charge on any atom is -0.445 e. The van der Waals surface area contributed by atoms with E-state index in [0.717, 1.165) is 5.56 Å². The molecule has 11 nitrogen and oxygen atoms in total. The van der Waals surface area contributed by atoms with Gasteiger partial charge in [0.05, 0.1) is 99.1 Å². The van der Waals surface area contributed by atoms with Crippen molar-refractivity contribution in [1.82, 2.24) is 5.32 Å². The number of hydrogen-bond acceptors (Lipinski definition) is 10. The summed E-state index contributed by atoms with van der Waals surface area (Å²) < 4.78 is 49.0. The maximum atomic E-state index is 11.6. The van der Waals surface area contributed by atoms with Gasteiger partial charge in [-0.1, -0.05) is 30.3 Å². The molecule has 0 saturated carbocycles. The highest BCUT2D eigenvalue weighted by Crippen LogP contribution is 2.01. The zero-order valence-corrected chi connectivity index (χ0v) is 25.0. The fourth-order valence-corrected chi connectivity index (χ4v) is 3.52. The Balaban J connectivity index is 1.68. The molecule has 0 aliphatic rings. The molecule has 1 rings (SSSR count). The molecule has 1 aromatic carbocycles. The molecule has 0 aromatic heterocycles. The van der Waals surface area contributed by atoms with E-state index >= 15 is 0 Å². The monoisotopic (exact) mass is 575 g/mol. The van der Waals surface area contributed by atoms with Crippen molar-refractivity contribution in [2.45, 2.75) is 26.2 Å². The van der Waals surface area contributed by atoms with Crippen molar-refractivity contribution in [1.29, 1.82) is 0 Å². The average molecular weight is 576 g/mol. The summed E-state index contributed by atoms with van der Waals surface area (Å²) in [6.45, 7) is 14.8. The van der Waals surface area contributed by atoms with Crippen LogP contribution in [-0.4, -0.2) is 120 Å². The van der Waals surface area contributed by atoms with E-state index in [1.165, 1.54) is 0 Å². The Kier molecular flexibility index (Phi) is 23.0. The Morgan fingerprint density at radius 3 is 1.38 bits per heavy atom. The summed E-state index contributed by atoms with van der Waals surface area (Å²) in [5.41, 5.74) is 0.942. The maximum Gasteiger partial charge on any atom is 0.407 e. The first-order valence-corrected chi connectivity index (χ1v) is 17.0. The number of rotatable bonds is 27. The van der Waals surface area contributed by atoms with Crippen LogP contribution in [0.4, 0.5) is 4.79 Å². The molecule has 0 aliphatic carbocycles. The molecule has 39 heavy (non-hydrogen) atoms. The first kappa shape index (κ1) is 35.4. The minimum atomic E-state index is -1.45. The van der Waals surface area contributed by atoms with Gasteiger partial charge in [-0.15, -0.1) is 0 Å². The van der Waals surface area contributed by atoms with E-state index in [1.54, 1.807) is 0 Å². The number of amides is 1. The summed E-state index contributed by atoms with van der Waals surface area (Å²) in [5.74, 6) is 0. The smallest absolute Gasteiger partial charge is 0.407 e. The van der Waals surface area contributed by atoms with E-state index in [-0.39, 0.29) is 6.61 Å². The van der Waals surface area contributed by atoms with E-state index in [1.807, 2.05) is 30.3 Å². The summed E-state index contributed by atoms with van der Waals surface area (Å²) in [6, 6.07) is 9.52. The van der Waals surface area contributed by atoms with Crippen LogP contribution in [0.15, 0.2) is 30.3 Å². The van der Waals surface area contributed by atoms with Crippen LogP contribution in [0.2, 0.25) is 19.6 Å². The molecule has 226 valence electrons. The Hall–Kier alpha value is -1.61. The largest absolute Gasteiger partial charge is 0.445 e. The highest BCUT2D eigenvalue weighted by molar-refractivity contribution is 6.69. The molecule has 0 atom stereocenters. The summed E-state index contributed by atoms with van der Waals surface area (Å²) in [6.07, 6.45) is -0.464. The number of hydrogen-bond donors (Lipinski definition) is 1. The third kappa shape index (κ3) is 26.4. The van der Waals surface area contributed by atoms with E-state index in [0.29, 0.717) is 106 Å². The Bertz CT molecular complexity index is 678. The van der Waals surface area contributed by atoms with Gasteiger partial charge in [0.25, 0.3) is 0 Å². The lowest BCUT2D eigenvalue weighted by Gasteiger charge is -2.16. The van der Waals surface area contributed by atoms with Crippen molar-refractivity contribution < 1.29 is 47.1 Å². The fourth-order valence-electron chi connectivity index (χ4n) is 2.83. The fraction of sp³-hybridized carbons (Fsp3) is 0.741. The second-order valence-corrected chi connectivity index (χ2v) is 13.7. The van der Waals surface area contributed by atoms with Gasteiger partial charge in [-0.25, -0.2) is 4.79 Å². The van der Waals surface area contributed by atoms with Gasteiger partial charge in [0, 0.05) is 6.54 Å². The van der Waals surface area contributed by atoms with Gasteiger partial charge in [0.1, 0.15) is 6.61 Å². The van der Waals surface area contributed by atoms with Crippen LogP contribution in [0.3, 0.4) is 0 Å². The van der Waals surface area contributed by atoms with Crippen LogP contribution in [0, 0.1) is 0 Å². The van der Waals surface area contributed by atoms with Gasteiger partial charge in [-0.05, 0) is 25.2 Å². The molecular formula is C27H49NO10Si. The average Bonchev–Trinajstić information content (AvgIpc) is 2.92. The lowest BCUT2D eigenvalue weighted by Crippen LogP contribution is -2.28. The first-order valence-electron chi connectivity index (χ1n) is 13.6. The van der Waals surface area contributed by atoms with Gasteiger partial charge in [-0.3, -0.25) is 0 Å². The van der Waals surface area contributed by atoms with Crippen molar-refractivity contribution in [2.24, 2.45) is 0 Å². The third-order valence-electron chi connectivity index (χ3n) is 4.72. The Morgan fingerprint density at radius 2 is 0.974 bits per heavy atom. The van der Waals surface area contributed by atoms with Crippen LogP contribution in [0.5, 0.6) is 0 Å². The molecule has 12 heteroatoms. The van der Waals surface area contributed by atoms with E-state index in [2.05, 4.69) is 25.0 Å². The van der Waals surface area contributed by atoms with Crippen LogP contribution < -0.4 is 5.32 Å². The van der Waals surface area contributed by atoms with Crippen molar-refractivity contribution in [3.05, 3.63) is 35.9 Å². The summed E-state index contributed by atoms with van der Waals surface area (Å²) in [5, 5.41) is 2.64. The summed E-state index contributed by atoms with van der Waals surface area (Å²) in [4.78, 5) is 11.6. The zero-order chi connectivity index (χ0) is 28.3. The standard InChI is InChI=1S/C27H49NO10Si/c1-39(2,3)38-24-23-36-22-21-35-20-19-34-18-17-33-16-15-32-14-13-31-12-11-30-10-9-28-27(29)37-25-26-7-5-4-6-8-26/h4-8H,9-25H2,1-3H3,(H,28,29). The lowest BCUT2D eigenvalue weighted by atomic mass is 10.2. The predicted molar refractivity (Wildman–Crippen MR) is 150 cm³/mol. The molecule has 1 N–H and O–H groups in total. The van der Waals surface area contributed by atoms with Gasteiger partial charge in [0.15, 0.2) is 8.32 Å². The lowest BCUT2D eigenvalue weighted by molar-refractivity contribution is -0.0211. The molecule has 0 bridgehead atoms. The predicted octanol–water partition coefficient (Wildman–Crippen LogP) is 2.88. The molecule has 0 heterocycles. The van der Waals surface area contributed by atoms with Crippen LogP contribution in [0.1, 0.15) is 5.56 Å². The molecule has 0 unspecified atom stereocenters. The highest BCUT2D eigenvalue weighted by atomic mass is 28.4. The van der Waals surface area contributed by atoms with Crippen molar-refractivity contribution in [3.8, 4) is 0 Å². The SMILES string of the molecule is C[Si](C)(C)OCCOCCOCCOCCOCCOCCOCCOCCNC(=O)OCc1ccccc1. The van der Waals surface area contributed by atoms with E-state index < -0.39 is 14.4 Å². The van der Waals surface area contributed by atoms with Gasteiger partial charge >= 0.3 is 6.09 Å². The number of carbonyl (C=O) groups is 1. The number of nitrogens with one attached hydrogen (secondary N) is 1. The molecule has 0 aliphatic heterocycles. The van der Waals surface area contributed by atoms with Gasteiger partial charge in [0.2, 0.25) is 0 Å². The van der Waals surface area contributed by atoms with Crippen LogP contribution in [-0.2, 0) is 48.9 Å². The number of benzene rings is 1. The van der Waals surface area contributed by atoms with Crippen molar-refractivity contribution >= 4 is 14.4 Å². The highest BCUT2D eigenvalue weighted by Gasteiger charge is 2.13. The normalized spacial score (nSPS) is 11.6. The topological polar surface area (TPSA) is 112 Å². The first-order chi connectivity index (χ1) is 19.0. The number of ether oxygens (including phenoxy) is 8. The van der Waals surface area contributed by atoms with Crippen molar-refractivity contribution in [3.63, 3.8) is 0 Å². The van der Waals surface area contributed by atoms with Crippen molar-refractivity contribution in [2.75, 3.05) is 106 Å². The third-order valence-corrected chi connectivity index (χ3v) is 5.79. The van der Waals surface area contributed by atoms with E-state index in [4.69, 9.17) is 42.3 Å². The maximum absolute atomic E-state index is 11.6. The van der Waals surface area contributed by atoms with Crippen LogP contribution >= 0.6 is 0 Å². The second kappa shape index (κ2) is 25.4. The number of carbonyl (C=O) groups excluding carboxylic acids is 1. The molecular weight excluding hydrogens is 526 g/mol. The van der Waals surface area contributed by atoms with Crippen LogP contribution in [0.25, 0.3) is 0 Å².